The number of rotatable bonds is 41. The molecule has 4 unspecified atom stereocenters. The lowest BCUT2D eigenvalue weighted by atomic mass is 10.2. The summed E-state index contributed by atoms with van der Waals surface area (Å²) in [4.78, 5) is 2.33. The summed E-state index contributed by atoms with van der Waals surface area (Å²) >= 11 is 0. The number of aliphatic hydroxyl groups excluding tert-OH is 4. The van der Waals surface area contributed by atoms with E-state index in [9.17, 15) is 20.4 Å². The second-order valence-electron chi connectivity index (χ2n) is 19.0. The molecule has 0 saturated carbocycles. The molecule has 0 amide bonds. The molecule has 0 spiro atoms. The maximum Gasteiger partial charge on any atom is 0.173 e. The molecule has 0 heterocycles. The van der Waals surface area contributed by atoms with Crippen LogP contribution in [0.3, 0.4) is 0 Å². The molecular formula is C47H115N3O10Si4. The van der Waals surface area contributed by atoms with E-state index in [1.165, 1.54) is 25.7 Å². The Hall–Kier alpha value is 0.348. The molecule has 13 nitrogen and oxygen atoms in total. The fraction of sp³-hybridized carbons (Fsp3) is 1.00. The minimum Gasteiger partial charge on any atom is -0.455 e. The molecule has 7 N–H and O–H groups in total. The highest BCUT2D eigenvalue weighted by Crippen LogP contribution is 2.25. The lowest BCUT2D eigenvalue weighted by molar-refractivity contribution is 0.0173. The Balaban J connectivity index is -0.000000355. The van der Waals surface area contributed by atoms with Crippen LogP contribution in [0.15, 0.2) is 0 Å². The van der Waals surface area contributed by atoms with Gasteiger partial charge in [0.1, 0.15) is 0 Å². The van der Waals surface area contributed by atoms with E-state index in [4.69, 9.17) is 32.9 Å². The van der Waals surface area contributed by atoms with E-state index < -0.39 is 45.5 Å². The summed E-state index contributed by atoms with van der Waals surface area (Å²) in [7, 11) is -4.86. The largest absolute Gasteiger partial charge is 0.455 e. The minimum absolute atomic E-state index is 0. The number of nitrogens with one attached hydrogen (secondary N) is 1. The zero-order chi connectivity index (χ0) is 47.9. The van der Waals surface area contributed by atoms with E-state index in [1.807, 2.05) is 34.7 Å². The SMILES string of the molecule is C.C.CC.CCC(O)COCCC[Si](C)(C)O[Si](C)(C)CCCOCC(O)CC.CCN(CCCCCCNC)CC(O)COCCC[Si](C)(C)O[Si](C)(C)CCCOCC(O)CN. The first-order valence-electron chi connectivity index (χ1n) is 24.7. The molecule has 0 radical (unpaired) electrons. The van der Waals surface area contributed by atoms with Crippen molar-refractivity contribution in [3.05, 3.63) is 0 Å². The van der Waals surface area contributed by atoms with E-state index in [-0.39, 0.29) is 33.6 Å². The molecule has 0 aliphatic rings. The van der Waals surface area contributed by atoms with Crippen LogP contribution in [0.1, 0.15) is 114 Å². The van der Waals surface area contributed by atoms with Crippen LogP contribution in [0.5, 0.6) is 0 Å². The Morgan fingerprint density at radius 1 is 0.500 bits per heavy atom. The average Bonchev–Trinajstić information content (AvgIpc) is 3.20. The van der Waals surface area contributed by atoms with Crippen molar-refractivity contribution in [1.82, 2.24) is 10.2 Å². The smallest absolute Gasteiger partial charge is 0.173 e. The van der Waals surface area contributed by atoms with Gasteiger partial charge in [0.15, 0.2) is 33.3 Å². The Morgan fingerprint density at radius 3 is 1.14 bits per heavy atom. The van der Waals surface area contributed by atoms with Crippen molar-refractivity contribution in [2.45, 2.75) is 215 Å². The number of aliphatic hydroxyl groups is 4. The summed E-state index contributed by atoms with van der Waals surface area (Å²) in [6.07, 6.45) is 8.66. The number of ether oxygens (including phenoxy) is 4. The van der Waals surface area contributed by atoms with Gasteiger partial charge in [-0.2, -0.15) is 0 Å². The van der Waals surface area contributed by atoms with Crippen LogP contribution in [0, 0.1) is 0 Å². The highest BCUT2D eigenvalue weighted by molar-refractivity contribution is 6.85. The van der Waals surface area contributed by atoms with E-state index in [0.717, 1.165) is 82.3 Å². The molecule has 0 rings (SSSR count). The van der Waals surface area contributed by atoms with Crippen molar-refractivity contribution in [2.24, 2.45) is 5.73 Å². The van der Waals surface area contributed by atoms with E-state index in [1.54, 1.807) is 0 Å². The molecule has 0 aromatic rings. The molecule has 0 aromatic carbocycles. The number of nitrogens with two attached hydrogens (primary N) is 1. The summed E-state index contributed by atoms with van der Waals surface area (Å²) in [5.74, 6) is 0. The third-order valence-electron chi connectivity index (χ3n) is 10.4. The number of nitrogens with zero attached hydrogens (tertiary/aromatic N) is 1. The predicted molar refractivity (Wildman–Crippen MR) is 286 cm³/mol. The molecule has 0 bridgehead atoms. The molecule has 4 atom stereocenters. The number of hydrogen-bond donors (Lipinski definition) is 6. The first kappa shape index (κ1) is 73.3. The van der Waals surface area contributed by atoms with Crippen LogP contribution in [0.4, 0.5) is 0 Å². The molecule has 17 heteroatoms. The summed E-state index contributed by atoms with van der Waals surface area (Å²) in [5, 5.41) is 42.0. The van der Waals surface area contributed by atoms with Crippen LogP contribution >= 0.6 is 0 Å². The van der Waals surface area contributed by atoms with Gasteiger partial charge in [-0.15, -0.1) is 0 Å². The van der Waals surface area contributed by atoms with Crippen molar-refractivity contribution in [3.8, 4) is 0 Å². The Morgan fingerprint density at radius 2 is 0.828 bits per heavy atom. The van der Waals surface area contributed by atoms with Crippen LogP contribution in [0.25, 0.3) is 0 Å². The van der Waals surface area contributed by atoms with E-state index in [0.29, 0.717) is 59.4 Å². The van der Waals surface area contributed by atoms with Gasteiger partial charge in [-0.05, 0) is 155 Å². The Kier molecular flexibility index (Phi) is 52.4. The van der Waals surface area contributed by atoms with Gasteiger partial charge in [0, 0.05) is 39.5 Å². The molecule has 64 heavy (non-hydrogen) atoms. The van der Waals surface area contributed by atoms with Gasteiger partial charge < -0.3 is 63.6 Å². The molecule has 0 aromatic heterocycles. The maximum atomic E-state index is 10.4. The predicted octanol–water partition coefficient (Wildman–Crippen LogP) is 9.08. The second-order valence-corrected chi connectivity index (χ2v) is 36.7. The minimum atomic E-state index is -1.76. The van der Waals surface area contributed by atoms with Crippen molar-refractivity contribution in [1.29, 1.82) is 0 Å². The van der Waals surface area contributed by atoms with E-state index >= 15 is 0 Å². The summed E-state index contributed by atoms with van der Waals surface area (Å²) < 4.78 is 35.6. The summed E-state index contributed by atoms with van der Waals surface area (Å²) in [5.41, 5.74) is 5.39. The lowest BCUT2D eigenvalue weighted by Crippen LogP contribution is -2.44. The van der Waals surface area contributed by atoms with Crippen LogP contribution in [-0.4, -0.2) is 176 Å². The third kappa shape index (κ3) is 50.2. The van der Waals surface area contributed by atoms with Gasteiger partial charge in [-0.3, -0.25) is 0 Å². The van der Waals surface area contributed by atoms with Gasteiger partial charge in [-0.25, -0.2) is 0 Å². The fourth-order valence-electron chi connectivity index (χ4n) is 7.00. The van der Waals surface area contributed by atoms with Crippen molar-refractivity contribution in [3.63, 3.8) is 0 Å². The standard InChI is InChI=1S/C25H59N3O5Si2.C18H42O5Si2.C2H6.2CH4/c1-7-28(15-11-9-8-10-14-27-2)21-25(30)23-32-17-13-19-35(5,6)33-34(3,4)18-12-16-31-22-24(29)20-26;1-7-17(19)15-21-11-9-13-24(3,4)23-25(5,6)14-10-12-22-16-18(20)8-2;1-2;;/h24-25,27,29-30H,7-23,26H2,1-6H3;17-20H,7-16H2,1-6H3;1-2H3;2*1H4. The van der Waals surface area contributed by atoms with Gasteiger partial charge in [0.05, 0.1) is 50.8 Å². The van der Waals surface area contributed by atoms with Crippen molar-refractivity contribution < 1.29 is 47.6 Å². The highest BCUT2D eigenvalue weighted by Gasteiger charge is 2.33. The Bertz CT molecular complexity index is 935. The summed E-state index contributed by atoms with van der Waals surface area (Å²) in [6.45, 7) is 36.7. The van der Waals surface area contributed by atoms with Gasteiger partial charge in [0.2, 0.25) is 0 Å². The topological polar surface area (TPSA) is 178 Å². The number of unbranched alkanes of at least 4 members (excludes halogenated alkanes) is 3. The van der Waals surface area contributed by atoms with Gasteiger partial charge in [-0.1, -0.05) is 62.3 Å². The average molecular weight is 995 g/mol. The summed E-state index contributed by atoms with van der Waals surface area (Å²) in [6, 6.07) is 4.29. The van der Waals surface area contributed by atoms with Crippen LogP contribution < -0.4 is 11.1 Å². The van der Waals surface area contributed by atoms with E-state index in [2.05, 4.69) is 69.5 Å². The lowest BCUT2D eigenvalue weighted by Gasteiger charge is -2.34. The van der Waals surface area contributed by atoms with Crippen LogP contribution in [0.2, 0.25) is 76.6 Å². The van der Waals surface area contributed by atoms with Crippen LogP contribution in [-0.2, 0) is 27.2 Å². The zero-order valence-electron chi connectivity index (χ0n) is 43.2. The quantitative estimate of drug-likeness (QED) is 0.0253. The molecule has 0 aliphatic heterocycles. The van der Waals surface area contributed by atoms with Crippen molar-refractivity contribution in [2.75, 3.05) is 92.6 Å². The molecule has 0 aliphatic carbocycles. The molecule has 394 valence electrons. The fourth-order valence-corrected chi connectivity index (χ4v) is 24.6. The number of hydrogen-bond acceptors (Lipinski definition) is 13. The normalized spacial score (nSPS) is 14.1. The first-order chi connectivity index (χ1) is 29.2. The molecule has 0 fully saturated rings. The molecule has 0 saturated heterocycles. The third-order valence-corrected chi connectivity index (χ3v) is 25.5. The van der Waals surface area contributed by atoms with Gasteiger partial charge >= 0.3 is 0 Å². The maximum absolute atomic E-state index is 10.4. The Labute approximate surface area is 402 Å². The second kappa shape index (κ2) is 45.8. The zero-order valence-corrected chi connectivity index (χ0v) is 47.2. The van der Waals surface area contributed by atoms with Crippen molar-refractivity contribution >= 4 is 33.3 Å². The first-order valence-corrected chi connectivity index (χ1v) is 37.1. The highest BCUT2D eigenvalue weighted by atomic mass is 28.4. The number of likely N-dealkylation sites (N-methyl/N-ethyl adjacent to an activating group) is 1. The molecular weight excluding hydrogens is 879 g/mol. The monoisotopic (exact) mass is 994 g/mol. The van der Waals surface area contributed by atoms with Gasteiger partial charge in [0.25, 0.3) is 0 Å².